The molecule has 1 aromatic carbocycles. The molecule has 0 heteroatoms. The van der Waals surface area contributed by atoms with E-state index < -0.39 is 0 Å². The molecule has 0 heterocycles. The zero-order valence-electron chi connectivity index (χ0n) is 11.1. The molecule has 0 aromatic heterocycles. The molecule has 16 heavy (non-hydrogen) atoms. The van der Waals surface area contributed by atoms with Crippen LogP contribution in [0.25, 0.3) is 0 Å². The van der Waals surface area contributed by atoms with Gasteiger partial charge in [-0.2, -0.15) is 0 Å². The Kier molecular flexibility index (Phi) is 4.79. The summed E-state index contributed by atoms with van der Waals surface area (Å²) in [6.07, 6.45) is 6.41. The first-order valence-electron chi connectivity index (χ1n) is 6.17. The zero-order valence-corrected chi connectivity index (χ0v) is 11.1. The number of hydrogen-bond acceptors (Lipinski definition) is 0. The smallest absolute Gasteiger partial charge is 0.0273 e. The molecule has 0 aliphatic rings. The Morgan fingerprint density at radius 3 is 2.31 bits per heavy atom. The third-order valence-corrected chi connectivity index (χ3v) is 3.56. The van der Waals surface area contributed by atoms with Crippen LogP contribution in [0, 0.1) is 34.3 Å². The van der Waals surface area contributed by atoms with Gasteiger partial charge in [0.15, 0.2) is 0 Å². The topological polar surface area (TPSA) is 0 Å². The number of hydrogen-bond donors (Lipinski definition) is 0. The molecule has 0 atom stereocenters. The molecule has 1 aromatic rings. The summed E-state index contributed by atoms with van der Waals surface area (Å²) in [6.45, 7) is 14.3. The van der Waals surface area contributed by atoms with Crippen molar-refractivity contribution in [1.82, 2.24) is 0 Å². The summed E-state index contributed by atoms with van der Waals surface area (Å²) in [5, 5.41) is 0. The van der Waals surface area contributed by atoms with Gasteiger partial charge >= 0.3 is 0 Å². The van der Waals surface area contributed by atoms with E-state index in [1.54, 1.807) is 11.6 Å². The fourth-order valence-corrected chi connectivity index (χ4v) is 2.29. The highest BCUT2D eigenvalue weighted by Crippen LogP contribution is 2.23. The van der Waals surface area contributed by atoms with Crippen LogP contribution in [0.1, 0.15) is 47.1 Å². The van der Waals surface area contributed by atoms with Gasteiger partial charge in [-0.3, -0.25) is 0 Å². The van der Waals surface area contributed by atoms with E-state index in [0.29, 0.717) is 0 Å². The normalized spacial score (nSPS) is 10.5. The number of benzene rings is 1. The molecule has 0 bridgehead atoms. The van der Waals surface area contributed by atoms with Gasteiger partial charge in [0.25, 0.3) is 0 Å². The summed E-state index contributed by atoms with van der Waals surface area (Å²) in [4.78, 5) is 0. The standard InChI is InChI=1S/C16H23/c1-6-7-8-9-10-16-13(3)11-12(2)14(4)15(16)5/h1,6,11H,7-10H2,2-5H3. The second kappa shape index (κ2) is 5.89. The minimum absolute atomic E-state index is 1.03. The maximum Gasteiger partial charge on any atom is -0.0273 e. The van der Waals surface area contributed by atoms with Crippen LogP contribution >= 0.6 is 0 Å². The molecular formula is C16H23. The second-order valence-electron chi connectivity index (χ2n) is 4.72. The Morgan fingerprint density at radius 2 is 1.69 bits per heavy atom. The van der Waals surface area contributed by atoms with Crippen LogP contribution in [0.4, 0.5) is 0 Å². The van der Waals surface area contributed by atoms with Crippen molar-refractivity contribution in [2.24, 2.45) is 0 Å². The van der Waals surface area contributed by atoms with Crippen LogP contribution in [0.2, 0.25) is 0 Å². The van der Waals surface area contributed by atoms with Crippen molar-refractivity contribution in [2.45, 2.75) is 53.4 Å². The molecular weight excluding hydrogens is 192 g/mol. The highest BCUT2D eigenvalue weighted by atomic mass is 14.1. The van der Waals surface area contributed by atoms with Gasteiger partial charge in [-0.1, -0.05) is 18.7 Å². The van der Waals surface area contributed by atoms with Crippen molar-refractivity contribution in [1.29, 1.82) is 0 Å². The first-order chi connectivity index (χ1) is 7.57. The van der Waals surface area contributed by atoms with Crippen LogP contribution in [0.5, 0.6) is 0 Å². The summed E-state index contributed by atoms with van der Waals surface area (Å²) in [7, 11) is 0. The van der Waals surface area contributed by atoms with Gasteiger partial charge in [0.05, 0.1) is 0 Å². The third kappa shape index (κ3) is 2.98. The van der Waals surface area contributed by atoms with Crippen molar-refractivity contribution in [3.8, 4) is 0 Å². The molecule has 0 aliphatic heterocycles. The summed E-state index contributed by atoms with van der Waals surface area (Å²) in [5.41, 5.74) is 7.33. The first kappa shape index (κ1) is 13.0. The fourth-order valence-electron chi connectivity index (χ4n) is 2.29. The van der Waals surface area contributed by atoms with Gasteiger partial charge in [-0.25, -0.2) is 0 Å². The van der Waals surface area contributed by atoms with Gasteiger partial charge in [-0.05, 0) is 81.2 Å². The summed E-state index contributed by atoms with van der Waals surface area (Å²) in [5.74, 6) is 0. The Morgan fingerprint density at radius 1 is 1.00 bits per heavy atom. The lowest BCUT2D eigenvalue weighted by Crippen LogP contribution is -1.99. The van der Waals surface area contributed by atoms with Crippen molar-refractivity contribution in [3.05, 3.63) is 46.5 Å². The van der Waals surface area contributed by atoms with Gasteiger partial charge in [-0.15, -0.1) is 0 Å². The largest absolute Gasteiger partial charge is 0.0845 e. The molecule has 0 saturated heterocycles. The average molecular weight is 215 g/mol. The lowest BCUT2D eigenvalue weighted by atomic mass is 9.91. The molecule has 0 saturated carbocycles. The van der Waals surface area contributed by atoms with E-state index in [2.05, 4.69) is 33.8 Å². The highest BCUT2D eigenvalue weighted by molar-refractivity contribution is 5.43. The monoisotopic (exact) mass is 215 g/mol. The van der Waals surface area contributed by atoms with Crippen molar-refractivity contribution in [3.63, 3.8) is 0 Å². The zero-order chi connectivity index (χ0) is 12.1. The lowest BCUT2D eigenvalue weighted by Gasteiger charge is -2.14. The van der Waals surface area contributed by atoms with E-state index >= 15 is 0 Å². The Hall–Kier alpha value is -1.04. The van der Waals surface area contributed by atoms with Gasteiger partial charge < -0.3 is 0 Å². The Bertz CT molecular complexity index is 372. The van der Waals surface area contributed by atoms with Crippen LogP contribution < -0.4 is 0 Å². The number of unbranched alkanes of at least 4 members (excludes halogenated alkanes) is 2. The molecule has 0 amide bonds. The van der Waals surface area contributed by atoms with Gasteiger partial charge in [0, 0.05) is 0 Å². The van der Waals surface area contributed by atoms with Crippen molar-refractivity contribution < 1.29 is 0 Å². The van der Waals surface area contributed by atoms with Crippen LogP contribution in [-0.2, 0) is 6.42 Å². The molecule has 1 radical (unpaired) electrons. The van der Waals surface area contributed by atoms with E-state index in [0.717, 1.165) is 6.42 Å². The molecule has 0 nitrogen and oxygen atoms in total. The Labute approximate surface area is 100 Å². The number of allylic oxidation sites excluding steroid dienone is 1. The summed E-state index contributed by atoms with van der Waals surface area (Å²) >= 11 is 0. The predicted octanol–water partition coefficient (Wildman–Crippen LogP) is 4.62. The summed E-state index contributed by atoms with van der Waals surface area (Å²) < 4.78 is 0. The highest BCUT2D eigenvalue weighted by Gasteiger charge is 2.07. The third-order valence-electron chi connectivity index (χ3n) is 3.56. The molecule has 0 fully saturated rings. The van der Waals surface area contributed by atoms with Gasteiger partial charge in [0.1, 0.15) is 0 Å². The number of rotatable bonds is 5. The first-order valence-corrected chi connectivity index (χ1v) is 6.17. The lowest BCUT2D eigenvalue weighted by molar-refractivity contribution is 0.741. The molecule has 1 rings (SSSR count). The van der Waals surface area contributed by atoms with Crippen molar-refractivity contribution in [2.75, 3.05) is 0 Å². The van der Waals surface area contributed by atoms with Gasteiger partial charge in [0.2, 0.25) is 0 Å². The van der Waals surface area contributed by atoms with Crippen LogP contribution in [-0.4, -0.2) is 0 Å². The molecule has 0 N–H and O–H groups in total. The van der Waals surface area contributed by atoms with E-state index in [1.807, 2.05) is 0 Å². The average Bonchev–Trinajstić information content (AvgIpc) is 2.25. The molecule has 0 aliphatic carbocycles. The Balaban J connectivity index is 2.79. The minimum Gasteiger partial charge on any atom is -0.0845 e. The SMILES string of the molecule is [CH]=CCCCCc1c(C)cc(C)c(C)c1C. The van der Waals surface area contributed by atoms with E-state index in [-0.39, 0.29) is 0 Å². The van der Waals surface area contributed by atoms with Crippen LogP contribution in [0.3, 0.4) is 0 Å². The predicted molar refractivity (Wildman–Crippen MR) is 71.8 cm³/mol. The van der Waals surface area contributed by atoms with E-state index in [9.17, 15) is 0 Å². The molecule has 0 unspecified atom stereocenters. The molecule has 87 valence electrons. The minimum atomic E-state index is 1.03. The van der Waals surface area contributed by atoms with Crippen LogP contribution in [0.15, 0.2) is 12.1 Å². The maximum atomic E-state index is 5.39. The maximum absolute atomic E-state index is 5.39. The van der Waals surface area contributed by atoms with E-state index in [1.165, 1.54) is 41.5 Å². The summed E-state index contributed by atoms with van der Waals surface area (Å²) in [6, 6.07) is 2.31. The number of aryl methyl sites for hydroxylation is 2. The van der Waals surface area contributed by atoms with Crippen molar-refractivity contribution >= 4 is 0 Å². The molecule has 0 spiro atoms. The second-order valence-corrected chi connectivity index (χ2v) is 4.72. The van der Waals surface area contributed by atoms with E-state index in [4.69, 9.17) is 6.58 Å². The fraction of sp³-hybridized carbons (Fsp3) is 0.500. The quantitative estimate of drug-likeness (QED) is 0.629.